The van der Waals surface area contributed by atoms with Gasteiger partial charge in [-0.25, -0.2) is 0 Å². The van der Waals surface area contributed by atoms with Crippen molar-refractivity contribution in [3.63, 3.8) is 0 Å². The highest BCUT2D eigenvalue weighted by atomic mass is 16.5. The van der Waals surface area contributed by atoms with Gasteiger partial charge < -0.3 is 14.9 Å². The smallest absolute Gasteiger partial charge is 0.305 e. The minimum atomic E-state index is -0.902. The summed E-state index contributed by atoms with van der Waals surface area (Å²) >= 11 is 0. The van der Waals surface area contributed by atoms with Crippen LogP contribution in [0.25, 0.3) is 0 Å². The Balaban J connectivity index is 2.27. The summed E-state index contributed by atoms with van der Waals surface area (Å²) in [4.78, 5) is 20.6. The van der Waals surface area contributed by atoms with Crippen molar-refractivity contribution < 1.29 is 24.5 Å². The second-order valence-electron chi connectivity index (χ2n) is 3.15. The van der Waals surface area contributed by atoms with Crippen LogP contribution in [0.1, 0.15) is 25.7 Å². The quantitative estimate of drug-likeness (QED) is 0.670. The maximum absolute atomic E-state index is 10.3. The van der Waals surface area contributed by atoms with Crippen LogP contribution < -0.4 is 0 Å². The van der Waals surface area contributed by atoms with Crippen LogP contribution in [0.3, 0.4) is 0 Å². The van der Waals surface area contributed by atoms with E-state index in [2.05, 4.69) is 0 Å². The van der Waals surface area contributed by atoms with Gasteiger partial charge in [-0.05, 0) is 12.8 Å². The number of carboxylic acids is 2. The Hall–Kier alpha value is -1.10. The van der Waals surface area contributed by atoms with Crippen molar-refractivity contribution in [1.29, 1.82) is 0 Å². The molecule has 0 saturated carbocycles. The summed E-state index contributed by atoms with van der Waals surface area (Å²) in [5.41, 5.74) is 0. The number of hydrogen-bond donors (Lipinski definition) is 2. The van der Waals surface area contributed by atoms with E-state index in [1.807, 2.05) is 0 Å². The molecule has 2 atom stereocenters. The predicted molar refractivity (Wildman–Crippen MR) is 42.4 cm³/mol. The lowest BCUT2D eigenvalue weighted by Crippen LogP contribution is -2.17. The molecule has 0 radical (unpaired) electrons. The monoisotopic (exact) mass is 188 g/mol. The van der Waals surface area contributed by atoms with E-state index >= 15 is 0 Å². The maximum Gasteiger partial charge on any atom is 0.305 e. The summed E-state index contributed by atoms with van der Waals surface area (Å²) in [7, 11) is 0. The fourth-order valence-corrected chi connectivity index (χ4v) is 1.47. The molecule has 1 aliphatic rings. The van der Waals surface area contributed by atoms with Crippen molar-refractivity contribution in [2.75, 3.05) is 0 Å². The standard InChI is InChI=1S/C8H12O5/c9-7(10)3-5-1-2-6(13-5)4-8(11)12/h5-6H,1-4H2,(H,9,10)(H,11,12)/t5-,6+. The SMILES string of the molecule is O=C(O)C[C@H]1CC[C@@H](CC(=O)O)O1. The highest BCUT2D eigenvalue weighted by Gasteiger charge is 2.28. The van der Waals surface area contributed by atoms with Gasteiger partial charge >= 0.3 is 11.9 Å². The lowest BCUT2D eigenvalue weighted by atomic mass is 10.1. The van der Waals surface area contributed by atoms with Crippen LogP contribution >= 0.6 is 0 Å². The maximum atomic E-state index is 10.3. The highest BCUT2D eigenvalue weighted by Crippen LogP contribution is 2.23. The van der Waals surface area contributed by atoms with Crippen molar-refractivity contribution in [2.24, 2.45) is 0 Å². The fourth-order valence-electron chi connectivity index (χ4n) is 1.47. The molecule has 2 N–H and O–H groups in total. The van der Waals surface area contributed by atoms with Crippen LogP contribution in [0.5, 0.6) is 0 Å². The molecule has 0 spiro atoms. The van der Waals surface area contributed by atoms with Gasteiger partial charge in [0.15, 0.2) is 0 Å². The van der Waals surface area contributed by atoms with E-state index in [1.54, 1.807) is 0 Å². The number of carbonyl (C=O) groups is 2. The van der Waals surface area contributed by atoms with Gasteiger partial charge in [-0.3, -0.25) is 9.59 Å². The van der Waals surface area contributed by atoms with Gasteiger partial charge in [0.05, 0.1) is 25.0 Å². The van der Waals surface area contributed by atoms with Gasteiger partial charge in [0, 0.05) is 0 Å². The lowest BCUT2D eigenvalue weighted by molar-refractivity contribution is -0.141. The molecule has 1 saturated heterocycles. The minimum Gasteiger partial charge on any atom is -0.481 e. The normalized spacial score (nSPS) is 27.4. The second-order valence-corrected chi connectivity index (χ2v) is 3.15. The first-order valence-corrected chi connectivity index (χ1v) is 4.17. The Kier molecular flexibility index (Phi) is 3.25. The molecule has 5 heteroatoms. The Morgan fingerprint density at radius 2 is 1.46 bits per heavy atom. The van der Waals surface area contributed by atoms with Crippen LogP contribution in [0.15, 0.2) is 0 Å². The number of aliphatic carboxylic acids is 2. The molecule has 0 aromatic carbocycles. The summed E-state index contributed by atoms with van der Waals surface area (Å²) < 4.78 is 5.22. The van der Waals surface area contributed by atoms with E-state index in [9.17, 15) is 9.59 Å². The van der Waals surface area contributed by atoms with Gasteiger partial charge in [0.2, 0.25) is 0 Å². The Labute approximate surface area is 75.3 Å². The van der Waals surface area contributed by atoms with Crippen LogP contribution in [-0.2, 0) is 14.3 Å². The van der Waals surface area contributed by atoms with E-state index < -0.39 is 11.9 Å². The molecular formula is C8H12O5. The third-order valence-corrected chi connectivity index (χ3v) is 2.00. The molecule has 1 rings (SSSR count). The van der Waals surface area contributed by atoms with Crippen LogP contribution in [-0.4, -0.2) is 34.4 Å². The van der Waals surface area contributed by atoms with Crippen LogP contribution in [0.2, 0.25) is 0 Å². The van der Waals surface area contributed by atoms with Crippen molar-refractivity contribution in [1.82, 2.24) is 0 Å². The van der Waals surface area contributed by atoms with Gasteiger partial charge in [0.25, 0.3) is 0 Å². The average Bonchev–Trinajstić information content (AvgIpc) is 2.33. The number of carboxylic acid groups (broad SMARTS) is 2. The Morgan fingerprint density at radius 3 is 1.77 bits per heavy atom. The first-order valence-electron chi connectivity index (χ1n) is 4.17. The molecule has 0 aliphatic carbocycles. The molecule has 0 aromatic rings. The van der Waals surface area contributed by atoms with Crippen molar-refractivity contribution in [2.45, 2.75) is 37.9 Å². The Morgan fingerprint density at radius 1 is 1.08 bits per heavy atom. The van der Waals surface area contributed by atoms with E-state index in [0.29, 0.717) is 12.8 Å². The predicted octanol–water partition coefficient (Wildman–Crippen LogP) is 0.483. The minimum absolute atomic E-state index is 0.0316. The summed E-state index contributed by atoms with van der Waals surface area (Å²) in [6, 6.07) is 0. The summed E-state index contributed by atoms with van der Waals surface area (Å²) in [5, 5.41) is 16.9. The highest BCUT2D eigenvalue weighted by molar-refractivity contribution is 5.68. The topological polar surface area (TPSA) is 83.8 Å². The van der Waals surface area contributed by atoms with E-state index in [-0.39, 0.29) is 25.0 Å². The largest absolute Gasteiger partial charge is 0.481 e. The van der Waals surface area contributed by atoms with Crippen molar-refractivity contribution in [3.8, 4) is 0 Å². The van der Waals surface area contributed by atoms with Gasteiger partial charge in [-0.1, -0.05) is 0 Å². The third-order valence-electron chi connectivity index (χ3n) is 2.00. The summed E-state index contributed by atoms with van der Waals surface area (Å²) in [6.45, 7) is 0. The zero-order valence-corrected chi connectivity index (χ0v) is 7.10. The van der Waals surface area contributed by atoms with Crippen molar-refractivity contribution in [3.05, 3.63) is 0 Å². The zero-order valence-electron chi connectivity index (χ0n) is 7.10. The first-order chi connectivity index (χ1) is 6.08. The molecule has 5 nitrogen and oxygen atoms in total. The first kappa shape index (κ1) is 9.98. The molecule has 0 unspecified atom stereocenters. The molecule has 13 heavy (non-hydrogen) atoms. The fraction of sp³-hybridized carbons (Fsp3) is 0.750. The molecule has 0 aromatic heterocycles. The van der Waals surface area contributed by atoms with Crippen LogP contribution in [0, 0.1) is 0 Å². The van der Waals surface area contributed by atoms with E-state index in [1.165, 1.54) is 0 Å². The molecule has 1 fully saturated rings. The zero-order chi connectivity index (χ0) is 9.84. The lowest BCUT2D eigenvalue weighted by Gasteiger charge is -2.09. The van der Waals surface area contributed by atoms with Crippen molar-refractivity contribution >= 4 is 11.9 Å². The van der Waals surface area contributed by atoms with E-state index in [4.69, 9.17) is 14.9 Å². The number of hydrogen-bond acceptors (Lipinski definition) is 3. The molecule has 0 amide bonds. The Bertz CT molecular complexity index is 191. The average molecular weight is 188 g/mol. The number of rotatable bonds is 4. The van der Waals surface area contributed by atoms with Gasteiger partial charge in [-0.2, -0.15) is 0 Å². The third kappa shape index (κ3) is 3.42. The molecule has 0 bridgehead atoms. The summed E-state index contributed by atoms with van der Waals surface area (Å²) in [6.07, 6.45) is 0.615. The molecule has 1 heterocycles. The number of ether oxygens (including phenoxy) is 1. The molecular weight excluding hydrogens is 176 g/mol. The molecule has 74 valence electrons. The molecule has 1 aliphatic heterocycles. The van der Waals surface area contributed by atoms with Crippen LogP contribution in [0.4, 0.5) is 0 Å². The summed E-state index contributed by atoms with van der Waals surface area (Å²) in [5.74, 6) is -1.80. The second kappa shape index (κ2) is 4.23. The van der Waals surface area contributed by atoms with E-state index in [0.717, 1.165) is 0 Å². The van der Waals surface area contributed by atoms with Gasteiger partial charge in [0.1, 0.15) is 0 Å². The van der Waals surface area contributed by atoms with Gasteiger partial charge in [-0.15, -0.1) is 0 Å².